The fraction of sp³-hybridized carbons (Fsp3) is 0.438. The number of unbranched alkanes of at least 4 members (excludes halogenated alkanes) is 2. The van der Waals surface area contributed by atoms with E-state index in [0.717, 1.165) is 44.3 Å². The summed E-state index contributed by atoms with van der Waals surface area (Å²) in [5.41, 5.74) is 3.37. The van der Waals surface area contributed by atoms with Gasteiger partial charge in [0.15, 0.2) is 0 Å². The van der Waals surface area contributed by atoms with E-state index in [9.17, 15) is 4.79 Å². The molecule has 3 heteroatoms. The van der Waals surface area contributed by atoms with Crippen LogP contribution in [-0.4, -0.2) is 12.5 Å². The smallest absolute Gasteiger partial charge is 0.224 e. The van der Waals surface area contributed by atoms with Crippen molar-refractivity contribution in [2.45, 2.75) is 38.5 Å². The number of hydrogen-bond acceptors (Lipinski definition) is 2. The molecule has 0 aliphatic carbocycles. The van der Waals surface area contributed by atoms with E-state index >= 15 is 0 Å². The number of benzene rings is 1. The maximum absolute atomic E-state index is 11.8. The summed E-state index contributed by atoms with van der Waals surface area (Å²) in [5, 5.41) is 6.31. The van der Waals surface area contributed by atoms with E-state index in [1.165, 1.54) is 11.3 Å². The Balaban J connectivity index is 1.85. The molecule has 0 aromatic heterocycles. The summed E-state index contributed by atoms with van der Waals surface area (Å²) >= 11 is 0. The molecule has 2 N–H and O–H groups in total. The van der Waals surface area contributed by atoms with Crippen LogP contribution < -0.4 is 10.6 Å². The predicted octanol–water partition coefficient (Wildman–Crippen LogP) is 3.18. The number of fused-ring (bicyclic) bond motifs is 1. The van der Waals surface area contributed by atoms with Gasteiger partial charge in [-0.05, 0) is 49.4 Å². The standard InChI is InChI=1S/C16H20N2O/c1-2-3-4-5-8-16(19)18-14-9-10-15-13(12-14)7-6-11-17-15/h1,9-10,12,17H,3-8,11H2,(H,18,19). The Morgan fingerprint density at radius 2 is 2.32 bits per heavy atom. The third-order valence-electron chi connectivity index (χ3n) is 3.30. The van der Waals surface area contributed by atoms with Crippen LogP contribution in [0.15, 0.2) is 18.2 Å². The van der Waals surface area contributed by atoms with Crippen LogP contribution >= 0.6 is 0 Å². The molecule has 2 rings (SSSR count). The van der Waals surface area contributed by atoms with Crippen LogP contribution in [-0.2, 0) is 11.2 Å². The molecule has 1 amide bonds. The van der Waals surface area contributed by atoms with E-state index < -0.39 is 0 Å². The molecule has 1 aromatic carbocycles. The zero-order valence-corrected chi connectivity index (χ0v) is 11.2. The number of rotatable bonds is 5. The Bertz CT molecular complexity index is 488. The van der Waals surface area contributed by atoms with Crippen molar-refractivity contribution in [1.82, 2.24) is 0 Å². The molecule has 0 unspecified atom stereocenters. The van der Waals surface area contributed by atoms with Crippen molar-refractivity contribution in [1.29, 1.82) is 0 Å². The summed E-state index contributed by atoms with van der Waals surface area (Å²) in [6.45, 7) is 1.04. The predicted molar refractivity (Wildman–Crippen MR) is 79.2 cm³/mol. The van der Waals surface area contributed by atoms with Crippen molar-refractivity contribution < 1.29 is 4.79 Å². The highest BCUT2D eigenvalue weighted by atomic mass is 16.1. The Morgan fingerprint density at radius 1 is 1.42 bits per heavy atom. The molecule has 19 heavy (non-hydrogen) atoms. The van der Waals surface area contributed by atoms with Gasteiger partial charge in [0.25, 0.3) is 0 Å². The number of terminal acetylenes is 1. The molecule has 0 radical (unpaired) electrons. The Kier molecular flexibility index (Phi) is 4.85. The van der Waals surface area contributed by atoms with E-state index in [0.29, 0.717) is 6.42 Å². The first-order valence-corrected chi connectivity index (χ1v) is 6.90. The number of amides is 1. The van der Waals surface area contributed by atoms with Gasteiger partial charge < -0.3 is 10.6 Å². The monoisotopic (exact) mass is 256 g/mol. The van der Waals surface area contributed by atoms with Crippen molar-refractivity contribution in [3.8, 4) is 12.3 Å². The maximum atomic E-state index is 11.8. The summed E-state index contributed by atoms with van der Waals surface area (Å²) < 4.78 is 0. The minimum absolute atomic E-state index is 0.0701. The van der Waals surface area contributed by atoms with Gasteiger partial charge in [-0.2, -0.15) is 0 Å². The number of anilines is 2. The average Bonchev–Trinajstić information content (AvgIpc) is 2.43. The number of carbonyl (C=O) groups is 1. The molecular formula is C16H20N2O. The molecule has 0 bridgehead atoms. The molecule has 100 valence electrons. The molecule has 1 aliphatic rings. The van der Waals surface area contributed by atoms with Crippen LogP contribution in [0.2, 0.25) is 0 Å². The molecule has 1 heterocycles. The van der Waals surface area contributed by atoms with Crippen LogP contribution in [0.1, 0.15) is 37.7 Å². The average molecular weight is 256 g/mol. The van der Waals surface area contributed by atoms with Crippen molar-refractivity contribution >= 4 is 17.3 Å². The van der Waals surface area contributed by atoms with Gasteiger partial charge in [-0.15, -0.1) is 12.3 Å². The fourth-order valence-corrected chi connectivity index (χ4v) is 2.29. The Hall–Kier alpha value is -1.95. The normalized spacial score (nSPS) is 13.0. The second kappa shape index (κ2) is 6.84. The highest BCUT2D eigenvalue weighted by Gasteiger charge is 2.09. The topological polar surface area (TPSA) is 41.1 Å². The van der Waals surface area contributed by atoms with Crippen LogP contribution in [0.25, 0.3) is 0 Å². The minimum atomic E-state index is 0.0701. The second-order valence-corrected chi connectivity index (χ2v) is 4.86. The Labute approximate surface area is 114 Å². The molecular weight excluding hydrogens is 236 g/mol. The van der Waals surface area contributed by atoms with Gasteiger partial charge in [0.05, 0.1) is 0 Å². The molecule has 0 saturated heterocycles. The highest BCUT2D eigenvalue weighted by molar-refractivity contribution is 5.91. The highest BCUT2D eigenvalue weighted by Crippen LogP contribution is 2.25. The maximum Gasteiger partial charge on any atom is 0.224 e. The number of aryl methyl sites for hydroxylation is 1. The summed E-state index contributed by atoms with van der Waals surface area (Å²) in [5.74, 6) is 2.66. The fourth-order valence-electron chi connectivity index (χ4n) is 2.29. The van der Waals surface area contributed by atoms with E-state index in [2.05, 4.69) is 22.6 Å². The van der Waals surface area contributed by atoms with Gasteiger partial charge in [0, 0.05) is 30.8 Å². The van der Waals surface area contributed by atoms with Crippen LogP contribution in [0.4, 0.5) is 11.4 Å². The van der Waals surface area contributed by atoms with Crippen molar-refractivity contribution in [3.63, 3.8) is 0 Å². The summed E-state index contributed by atoms with van der Waals surface area (Å²) in [7, 11) is 0. The van der Waals surface area contributed by atoms with E-state index in [1.807, 2.05) is 12.1 Å². The van der Waals surface area contributed by atoms with Crippen LogP contribution in [0.5, 0.6) is 0 Å². The quantitative estimate of drug-likeness (QED) is 0.627. The molecule has 3 nitrogen and oxygen atoms in total. The van der Waals surface area contributed by atoms with Crippen molar-refractivity contribution in [2.75, 3.05) is 17.2 Å². The molecule has 0 spiro atoms. The van der Waals surface area contributed by atoms with Crippen molar-refractivity contribution in [2.24, 2.45) is 0 Å². The largest absolute Gasteiger partial charge is 0.385 e. The molecule has 1 aromatic rings. The molecule has 0 fully saturated rings. The number of nitrogens with one attached hydrogen (secondary N) is 2. The first kappa shape index (κ1) is 13.5. The third kappa shape index (κ3) is 4.03. The first-order valence-electron chi connectivity index (χ1n) is 6.90. The van der Waals surface area contributed by atoms with E-state index in [1.54, 1.807) is 0 Å². The zero-order valence-electron chi connectivity index (χ0n) is 11.2. The van der Waals surface area contributed by atoms with E-state index in [4.69, 9.17) is 6.42 Å². The lowest BCUT2D eigenvalue weighted by atomic mass is 10.0. The van der Waals surface area contributed by atoms with Crippen LogP contribution in [0.3, 0.4) is 0 Å². The summed E-state index contributed by atoms with van der Waals surface area (Å²) in [6.07, 6.45) is 10.5. The van der Waals surface area contributed by atoms with Gasteiger partial charge in [-0.3, -0.25) is 4.79 Å². The Morgan fingerprint density at radius 3 is 3.16 bits per heavy atom. The van der Waals surface area contributed by atoms with Gasteiger partial charge >= 0.3 is 0 Å². The van der Waals surface area contributed by atoms with E-state index in [-0.39, 0.29) is 5.91 Å². The lowest BCUT2D eigenvalue weighted by molar-refractivity contribution is -0.116. The van der Waals surface area contributed by atoms with Gasteiger partial charge in [-0.25, -0.2) is 0 Å². The summed E-state index contributed by atoms with van der Waals surface area (Å²) in [6, 6.07) is 6.07. The van der Waals surface area contributed by atoms with Gasteiger partial charge in [0.2, 0.25) is 5.91 Å². The van der Waals surface area contributed by atoms with Gasteiger partial charge in [0.1, 0.15) is 0 Å². The lowest BCUT2D eigenvalue weighted by Gasteiger charge is -2.18. The molecule has 0 atom stereocenters. The van der Waals surface area contributed by atoms with Crippen LogP contribution in [0, 0.1) is 12.3 Å². The minimum Gasteiger partial charge on any atom is -0.385 e. The summed E-state index contributed by atoms with van der Waals surface area (Å²) in [4.78, 5) is 11.8. The third-order valence-corrected chi connectivity index (χ3v) is 3.30. The van der Waals surface area contributed by atoms with Gasteiger partial charge in [-0.1, -0.05) is 0 Å². The number of hydrogen-bond donors (Lipinski definition) is 2. The first-order chi connectivity index (χ1) is 9.29. The van der Waals surface area contributed by atoms with Crippen molar-refractivity contribution in [3.05, 3.63) is 23.8 Å². The molecule has 1 aliphatic heterocycles. The lowest BCUT2D eigenvalue weighted by Crippen LogP contribution is -2.14. The number of carbonyl (C=O) groups excluding carboxylic acids is 1. The zero-order chi connectivity index (χ0) is 13.5. The SMILES string of the molecule is C#CCCCCC(=O)Nc1ccc2c(c1)CCCN2. The second-order valence-electron chi connectivity index (χ2n) is 4.86. The molecule has 0 saturated carbocycles.